The Balaban J connectivity index is 0.000000254. The molecule has 0 atom stereocenters. The predicted molar refractivity (Wildman–Crippen MR) is 93.5 cm³/mol. The highest BCUT2D eigenvalue weighted by Crippen LogP contribution is 2.25. The van der Waals surface area contributed by atoms with Gasteiger partial charge >= 0.3 is 5.97 Å². The molecule has 0 amide bonds. The van der Waals surface area contributed by atoms with Gasteiger partial charge in [0.25, 0.3) is 0 Å². The van der Waals surface area contributed by atoms with Crippen molar-refractivity contribution in [2.24, 2.45) is 0 Å². The van der Waals surface area contributed by atoms with Crippen LogP contribution in [0.5, 0.6) is 0 Å². The Labute approximate surface area is 130 Å². The molecule has 3 aromatic carbocycles. The molecule has 0 unspecified atom stereocenters. The Morgan fingerprint density at radius 3 is 2.14 bits per heavy atom. The number of hydrogen-bond acceptors (Lipinski definition) is 2. The van der Waals surface area contributed by atoms with Gasteiger partial charge in [-0.25, -0.2) is 0 Å². The van der Waals surface area contributed by atoms with Crippen LogP contribution in [0.3, 0.4) is 0 Å². The van der Waals surface area contributed by atoms with Crippen LogP contribution >= 0.6 is 0 Å². The van der Waals surface area contributed by atoms with Gasteiger partial charge in [-0.15, -0.1) is 0 Å². The van der Waals surface area contributed by atoms with Gasteiger partial charge in [-0.05, 0) is 39.2 Å². The van der Waals surface area contributed by atoms with Crippen LogP contribution in [0, 0.1) is 0 Å². The van der Waals surface area contributed by atoms with Gasteiger partial charge in [0.05, 0.1) is 6.26 Å². The molecule has 3 rings (SSSR count). The molecule has 22 heavy (non-hydrogen) atoms. The zero-order chi connectivity index (χ0) is 15.9. The molecule has 0 N–H and O–H groups in total. The largest absolute Gasteiger partial charge is 0.435 e. The highest BCUT2D eigenvalue weighted by Gasteiger charge is 1.99. The maximum atomic E-state index is 9.75. The zero-order valence-electron chi connectivity index (χ0n) is 12.6. The van der Waals surface area contributed by atoms with Crippen LogP contribution in [0.4, 0.5) is 0 Å². The number of esters is 1. The number of benzene rings is 3. The van der Waals surface area contributed by atoms with E-state index in [9.17, 15) is 4.79 Å². The van der Waals surface area contributed by atoms with Crippen LogP contribution in [-0.2, 0) is 9.53 Å². The van der Waals surface area contributed by atoms with Gasteiger partial charge < -0.3 is 4.74 Å². The standard InChI is InChI=1S/C16H12.C4H6O2/c1-2-12-8-5-9-15-10-13-6-3-4-7-14(13)11-16(12)15;1-3-6-4(2)5/h2-11H,1H2;3H,1H2,2H3. The maximum absolute atomic E-state index is 9.75. The van der Waals surface area contributed by atoms with Crippen molar-refractivity contribution in [3.8, 4) is 0 Å². The molecule has 0 aromatic heterocycles. The molecule has 0 spiro atoms. The quantitative estimate of drug-likeness (QED) is 0.362. The molecule has 0 fully saturated rings. The van der Waals surface area contributed by atoms with E-state index in [0.717, 1.165) is 6.26 Å². The van der Waals surface area contributed by atoms with E-state index in [2.05, 4.69) is 72.5 Å². The summed E-state index contributed by atoms with van der Waals surface area (Å²) in [4.78, 5) is 9.75. The number of hydrogen-bond donors (Lipinski definition) is 0. The smallest absolute Gasteiger partial charge is 0.307 e. The van der Waals surface area contributed by atoms with Crippen LogP contribution in [0.25, 0.3) is 27.6 Å². The van der Waals surface area contributed by atoms with Gasteiger partial charge in [0.15, 0.2) is 0 Å². The number of carbonyl (C=O) groups excluding carboxylic acids is 1. The third-order valence-corrected chi connectivity index (χ3v) is 3.25. The van der Waals surface area contributed by atoms with Gasteiger partial charge in [-0.1, -0.05) is 61.7 Å². The molecular weight excluding hydrogens is 272 g/mol. The predicted octanol–water partition coefficient (Wildman–Crippen LogP) is 5.33. The second-order valence-electron chi connectivity index (χ2n) is 4.75. The summed E-state index contributed by atoms with van der Waals surface area (Å²) in [7, 11) is 0. The Bertz CT molecular complexity index is 831. The van der Waals surface area contributed by atoms with Crippen LogP contribution in [-0.4, -0.2) is 5.97 Å². The van der Waals surface area contributed by atoms with E-state index in [4.69, 9.17) is 0 Å². The highest BCUT2D eigenvalue weighted by molar-refractivity contribution is 6.01. The average Bonchev–Trinajstić information content (AvgIpc) is 2.52. The van der Waals surface area contributed by atoms with E-state index in [1.54, 1.807) is 0 Å². The summed E-state index contributed by atoms with van der Waals surface area (Å²) in [6.07, 6.45) is 3.01. The van der Waals surface area contributed by atoms with Crippen LogP contribution in [0.1, 0.15) is 12.5 Å². The third kappa shape index (κ3) is 3.61. The number of ether oxygens (including phenoxy) is 1. The van der Waals surface area contributed by atoms with Gasteiger partial charge in [-0.2, -0.15) is 0 Å². The fourth-order valence-electron chi connectivity index (χ4n) is 2.29. The lowest BCUT2D eigenvalue weighted by Crippen LogP contribution is -1.87. The van der Waals surface area contributed by atoms with E-state index >= 15 is 0 Å². The van der Waals surface area contributed by atoms with Crippen LogP contribution in [0.15, 0.2) is 74.0 Å². The Kier molecular flexibility index (Phi) is 5.10. The van der Waals surface area contributed by atoms with Crippen molar-refractivity contribution in [3.63, 3.8) is 0 Å². The molecule has 2 heteroatoms. The first-order chi connectivity index (χ1) is 10.7. The van der Waals surface area contributed by atoms with Crippen molar-refractivity contribution in [1.29, 1.82) is 0 Å². The van der Waals surface area contributed by atoms with Crippen molar-refractivity contribution in [3.05, 3.63) is 79.6 Å². The molecule has 0 saturated heterocycles. The summed E-state index contributed by atoms with van der Waals surface area (Å²) < 4.78 is 4.17. The minimum Gasteiger partial charge on any atom is -0.435 e. The van der Waals surface area contributed by atoms with Gasteiger partial charge in [-0.3, -0.25) is 4.79 Å². The normalized spacial score (nSPS) is 9.68. The minimum absolute atomic E-state index is 0.329. The van der Waals surface area contributed by atoms with Crippen molar-refractivity contribution >= 4 is 33.6 Å². The lowest BCUT2D eigenvalue weighted by Gasteiger charge is -2.04. The molecule has 0 heterocycles. The molecule has 0 bridgehead atoms. The minimum atomic E-state index is -0.329. The topological polar surface area (TPSA) is 26.3 Å². The summed E-state index contributed by atoms with van der Waals surface area (Å²) in [5.41, 5.74) is 1.20. The van der Waals surface area contributed by atoms with Crippen LogP contribution in [0.2, 0.25) is 0 Å². The van der Waals surface area contributed by atoms with Crippen molar-refractivity contribution in [1.82, 2.24) is 0 Å². The summed E-state index contributed by atoms with van der Waals surface area (Å²) in [5.74, 6) is -0.329. The molecule has 110 valence electrons. The molecule has 0 radical (unpaired) electrons. The van der Waals surface area contributed by atoms with E-state index in [1.807, 2.05) is 6.08 Å². The number of carbonyl (C=O) groups is 1. The summed E-state index contributed by atoms with van der Waals surface area (Å²) >= 11 is 0. The summed E-state index contributed by atoms with van der Waals surface area (Å²) in [6.45, 7) is 8.34. The van der Waals surface area contributed by atoms with Crippen molar-refractivity contribution in [2.45, 2.75) is 6.92 Å². The lowest BCUT2D eigenvalue weighted by atomic mass is 10.00. The fraction of sp³-hybridized carbons (Fsp3) is 0.0500. The summed E-state index contributed by atoms with van der Waals surface area (Å²) in [6, 6.07) is 19.2. The SMILES string of the molecule is C=COC(C)=O.C=Cc1cccc2cc3ccccc3cc12. The first kappa shape index (κ1) is 15.5. The molecule has 0 saturated carbocycles. The van der Waals surface area contributed by atoms with Crippen molar-refractivity contribution in [2.75, 3.05) is 0 Å². The molecule has 3 aromatic rings. The molecule has 0 aliphatic heterocycles. The average molecular weight is 290 g/mol. The van der Waals surface area contributed by atoms with Gasteiger partial charge in [0, 0.05) is 6.92 Å². The first-order valence-corrected chi connectivity index (χ1v) is 6.98. The second-order valence-corrected chi connectivity index (χ2v) is 4.75. The lowest BCUT2D eigenvalue weighted by molar-refractivity contribution is -0.135. The van der Waals surface area contributed by atoms with E-state index in [1.165, 1.54) is 34.0 Å². The molecule has 2 nitrogen and oxygen atoms in total. The molecular formula is C20H18O2. The Hall–Kier alpha value is -2.87. The van der Waals surface area contributed by atoms with E-state index in [-0.39, 0.29) is 5.97 Å². The van der Waals surface area contributed by atoms with Gasteiger partial charge in [0.2, 0.25) is 0 Å². The molecule has 0 aliphatic carbocycles. The Morgan fingerprint density at radius 2 is 1.59 bits per heavy atom. The highest BCUT2D eigenvalue weighted by atomic mass is 16.5. The first-order valence-electron chi connectivity index (χ1n) is 6.98. The fourth-order valence-corrected chi connectivity index (χ4v) is 2.29. The molecule has 0 aliphatic rings. The second kappa shape index (κ2) is 7.23. The van der Waals surface area contributed by atoms with Crippen LogP contribution < -0.4 is 0 Å². The summed E-state index contributed by atoms with van der Waals surface area (Å²) in [5, 5.41) is 5.12. The third-order valence-electron chi connectivity index (χ3n) is 3.25. The zero-order valence-corrected chi connectivity index (χ0v) is 12.6. The Morgan fingerprint density at radius 1 is 0.955 bits per heavy atom. The number of rotatable bonds is 2. The van der Waals surface area contributed by atoms with E-state index < -0.39 is 0 Å². The number of fused-ring (bicyclic) bond motifs is 2. The van der Waals surface area contributed by atoms with E-state index in [0.29, 0.717) is 0 Å². The maximum Gasteiger partial charge on any atom is 0.307 e. The van der Waals surface area contributed by atoms with Gasteiger partial charge in [0.1, 0.15) is 0 Å². The van der Waals surface area contributed by atoms with Crippen molar-refractivity contribution < 1.29 is 9.53 Å². The monoisotopic (exact) mass is 290 g/mol.